The number of benzene rings is 2. The van der Waals surface area contributed by atoms with Gasteiger partial charge in [-0.3, -0.25) is 4.79 Å². The molecule has 2 aromatic carbocycles. The molecule has 0 atom stereocenters. The Labute approximate surface area is 188 Å². The number of alkyl halides is 3. The van der Waals surface area contributed by atoms with E-state index in [4.69, 9.17) is 0 Å². The molecule has 0 aliphatic heterocycles. The summed E-state index contributed by atoms with van der Waals surface area (Å²) in [6.07, 6.45) is -4.80. The molecule has 1 amide bonds. The molecule has 0 radical (unpaired) electrons. The number of phenolic OH excluding ortho intramolecular Hbond substituents is 2. The number of nitrogens with zero attached hydrogens (tertiary/aromatic N) is 1. The lowest BCUT2D eigenvalue weighted by Gasteiger charge is -2.10. The third-order valence-electron chi connectivity index (χ3n) is 3.73. The third kappa shape index (κ3) is 5.24. The minimum atomic E-state index is -4.80. The summed E-state index contributed by atoms with van der Waals surface area (Å²) < 4.78 is 41.2. The zero-order valence-corrected chi connectivity index (χ0v) is 18.6. The second kappa shape index (κ2) is 8.82. The molecular weight excluding hydrogens is 557 g/mol. The summed E-state index contributed by atoms with van der Waals surface area (Å²) in [6, 6.07) is 6.71. The van der Waals surface area contributed by atoms with E-state index >= 15 is 0 Å². The first-order valence-electron chi connectivity index (χ1n) is 8.04. The van der Waals surface area contributed by atoms with Crippen molar-refractivity contribution in [2.75, 3.05) is 0 Å². The molecule has 6 nitrogen and oxygen atoms in total. The van der Waals surface area contributed by atoms with E-state index in [1.54, 1.807) is 11.4 Å². The lowest BCUT2D eigenvalue weighted by Crippen LogP contribution is -2.23. The average Bonchev–Trinajstić information content (AvgIpc) is 3.16. The topological polar surface area (TPSA) is 91.7 Å². The normalized spacial score (nSPS) is 11.4. The predicted molar refractivity (Wildman–Crippen MR) is 111 cm³/mol. The highest BCUT2D eigenvalue weighted by Gasteiger charge is 2.31. The summed E-state index contributed by atoms with van der Waals surface area (Å²) in [5.74, 6) is -1.34. The monoisotopic (exact) mass is 566 g/mol. The van der Waals surface area contributed by atoms with E-state index in [9.17, 15) is 28.2 Å². The first-order chi connectivity index (χ1) is 14.0. The molecule has 158 valence electrons. The van der Waals surface area contributed by atoms with Crippen molar-refractivity contribution < 1.29 is 32.9 Å². The summed E-state index contributed by atoms with van der Waals surface area (Å²) in [4.78, 5) is 16.5. The Hall–Kier alpha value is -2.31. The van der Waals surface area contributed by atoms with Gasteiger partial charge in [-0.25, -0.2) is 4.98 Å². The van der Waals surface area contributed by atoms with Crippen LogP contribution in [0.25, 0.3) is 11.3 Å². The van der Waals surface area contributed by atoms with Gasteiger partial charge in [-0.2, -0.15) is 0 Å². The summed E-state index contributed by atoms with van der Waals surface area (Å²) in [7, 11) is 0. The molecule has 0 bridgehead atoms. The second-order valence-electron chi connectivity index (χ2n) is 5.83. The van der Waals surface area contributed by atoms with E-state index in [-0.39, 0.29) is 33.3 Å². The van der Waals surface area contributed by atoms with Crippen molar-refractivity contribution in [3.63, 3.8) is 0 Å². The molecule has 0 aliphatic carbocycles. The fraction of sp³-hybridized carbons (Fsp3) is 0.111. The largest absolute Gasteiger partial charge is 0.573 e. The Bertz CT molecular complexity index is 1110. The number of aromatic nitrogens is 1. The quantitative estimate of drug-likeness (QED) is 0.375. The maximum atomic E-state index is 12.4. The third-order valence-corrected chi connectivity index (χ3v) is 5.92. The van der Waals surface area contributed by atoms with E-state index in [2.05, 4.69) is 46.9 Å². The number of carbonyl (C=O) groups excluding carboxylic acids is 1. The molecular formula is C18H11Br2F3N2O4S. The number of amides is 1. The number of phenols is 2. The molecule has 1 aromatic heterocycles. The van der Waals surface area contributed by atoms with Gasteiger partial charge in [-0.05, 0) is 55.6 Å². The van der Waals surface area contributed by atoms with Crippen LogP contribution in [0.3, 0.4) is 0 Å². The molecule has 3 aromatic rings. The maximum Gasteiger partial charge on any atom is 0.573 e. The molecule has 12 heteroatoms. The molecule has 3 N–H and O–H groups in total. The Kier molecular flexibility index (Phi) is 6.58. The van der Waals surface area contributed by atoms with Crippen LogP contribution in [0.15, 0.2) is 44.7 Å². The van der Waals surface area contributed by atoms with Crippen molar-refractivity contribution in [1.82, 2.24) is 10.3 Å². The number of hydrogen-bond donors (Lipinski definition) is 3. The van der Waals surface area contributed by atoms with Crippen LogP contribution in [0, 0.1) is 0 Å². The summed E-state index contributed by atoms with van der Waals surface area (Å²) in [5, 5.41) is 24.2. The van der Waals surface area contributed by atoms with Gasteiger partial charge in [-0.1, -0.05) is 12.1 Å². The van der Waals surface area contributed by atoms with Crippen LogP contribution in [-0.4, -0.2) is 27.5 Å². The van der Waals surface area contributed by atoms with Crippen LogP contribution in [0.4, 0.5) is 13.2 Å². The van der Waals surface area contributed by atoms with Crippen molar-refractivity contribution in [2.45, 2.75) is 12.9 Å². The highest BCUT2D eigenvalue weighted by atomic mass is 79.9. The van der Waals surface area contributed by atoms with Gasteiger partial charge in [0.1, 0.15) is 21.7 Å². The summed E-state index contributed by atoms with van der Waals surface area (Å²) in [6.45, 7) is -0.0373. The Morgan fingerprint density at radius 3 is 2.63 bits per heavy atom. The van der Waals surface area contributed by atoms with E-state index in [0.717, 1.165) is 17.4 Å². The zero-order chi connectivity index (χ0) is 22.1. The zero-order valence-electron chi connectivity index (χ0n) is 14.6. The number of carbonyl (C=O) groups is 1. The predicted octanol–water partition coefficient (Wildman–Crippen LogP) is 5.57. The van der Waals surface area contributed by atoms with E-state index < -0.39 is 12.3 Å². The first-order valence-corrected chi connectivity index (χ1v) is 10.5. The smallest absolute Gasteiger partial charge is 0.506 e. The summed E-state index contributed by atoms with van der Waals surface area (Å²) in [5.41, 5.74) is 1.01. The Morgan fingerprint density at radius 1 is 1.20 bits per heavy atom. The van der Waals surface area contributed by atoms with Crippen molar-refractivity contribution in [2.24, 2.45) is 0 Å². The lowest BCUT2D eigenvalue weighted by molar-refractivity contribution is -0.274. The van der Waals surface area contributed by atoms with Gasteiger partial charge in [-0.15, -0.1) is 24.5 Å². The van der Waals surface area contributed by atoms with Crippen molar-refractivity contribution in [1.29, 1.82) is 0 Å². The standard InChI is InChI=1S/C18H11Br2F3N2O4S/c19-11-5-10(14(26)13(20)15(11)27)12-7-30-17(25-12)16(28)24-6-8-2-1-3-9(4-8)29-18(21,22)23/h1-5,7,26-27H,6H2,(H,24,28). The van der Waals surface area contributed by atoms with Crippen molar-refractivity contribution >= 4 is 49.1 Å². The molecule has 0 unspecified atom stereocenters. The molecule has 30 heavy (non-hydrogen) atoms. The molecule has 1 heterocycles. The van der Waals surface area contributed by atoms with Gasteiger partial charge in [0.25, 0.3) is 5.91 Å². The van der Waals surface area contributed by atoms with E-state index in [1.807, 2.05) is 0 Å². The number of nitrogens with one attached hydrogen (secondary N) is 1. The fourth-order valence-corrected chi connectivity index (χ4v) is 4.26. The van der Waals surface area contributed by atoms with Crippen LogP contribution >= 0.6 is 43.2 Å². The average molecular weight is 568 g/mol. The molecule has 0 fully saturated rings. The van der Waals surface area contributed by atoms with E-state index in [1.165, 1.54) is 18.2 Å². The maximum absolute atomic E-state index is 12.4. The van der Waals surface area contributed by atoms with Crippen molar-refractivity contribution in [3.8, 4) is 28.5 Å². The second-order valence-corrected chi connectivity index (χ2v) is 8.34. The van der Waals surface area contributed by atoms with Crippen LogP contribution in [0.5, 0.6) is 17.2 Å². The summed E-state index contributed by atoms with van der Waals surface area (Å²) >= 11 is 7.26. The Balaban J connectivity index is 1.72. The van der Waals surface area contributed by atoms with Gasteiger partial charge < -0.3 is 20.3 Å². The van der Waals surface area contributed by atoms with Gasteiger partial charge in [0.05, 0.1) is 10.2 Å². The van der Waals surface area contributed by atoms with E-state index in [0.29, 0.717) is 21.3 Å². The van der Waals surface area contributed by atoms with Gasteiger partial charge in [0, 0.05) is 17.5 Å². The number of thiazole rings is 1. The molecule has 0 saturated carbocycles. The van der Waals surface area contributed by atoms with Gasteiger partial charge >= 0.3 is 6.36 Å². The molecule has 0 spiro atoms. The van der Waals surface area contributed by atoms with Crippen LogP contribution in [0.1, 0.15) is 15.4 Å². The SMILES string of the molecule is O=C(NCc1cccc(OC(F)(F)F)c1)c1nc(-c2cc(Br)c(O)c(Br)c2O)cs1. The molecule has 0 aliphatic rings. The number of aromatic hydroxyl groups is 2. The first kappa shape index (κ1) is 22.4. The van der Waals surface area contributed by atoms with Crippen molar-refractivity contribution in [3.05, 3.63) is 55.2 Å². The molecule has 3 rings (SSSR count). The number of hydrogen-bond acceptors (Lipinski definition) is 6. The fourth-order valence-electron chi connectivity index (χ4n) is 2.41. The van der Waals surface area contributed by atoms with Crippen LogP contribution < -0.4 is 10.1 Å². The van der Waals surface area contributed by atoms with Crippen LogP contribution in [-0.2, 0) is 6.54 Å². The minimum Gasteiger partial charge on any atom is -0.506 e. The number of ether oxygens (including phenoxy) is 1. The lowest BCUT2D eigenvalue weighted by atomic mass is 10.1. The van der Waals surface area contributed by atoms with Gasteiger partial charge in [0.2, 0.25) is 0 Å². The number of halogens is 5. The highest BCUT2D eigenvalue weighted by molar-refractivity contribution is 9.11. The molecule has 0 saturated heterocycles. The van der Waals surface area contributed by atoms with Crippen LogP contribution in [0.2, 0.25) is 0 Å². The highest BCUT2D eigenvalue weighted by Crippen LogP contribution is 2.45. The minimum absolute atomic E-state index is 0.0373. The number of rotatable bonds is 5. The van der Waals surface area contributed by atoms with Gasteiger partial charge in [0.15, 0.2) is 5.01 Å². The Morgan fingerprint density at radius 2 is 1.93 bits per heavy atom.